The number of hydrogen-bond donors (Lipinski definition) is 0. The molecule has 14 heavy (non-hydrogen) atoms. The first-order valence-electron chi connectivity index (χ1n) is 5.11. The third-order valence-corrected chi connectivity index (χ3v) is 8.58. The van der Waals surface area contributed by atoms with E-state index in [9.17, 15) is 0 Å². The van der Waals surface area contributed by atoms with Crippen molar-refractivity contribution in [1.29, 1.82) is 0 Å². The Kier molecular flexibility index (Phi) is 2.97. The quantitative estimate of drug-likeness (QED) is 0.715. The summed E-state index contributed by atoms with van der Waals surface area (Å²) in [5.74, 6) is 0. The van der Waals surface area contributed by atoms with Crippen LogP contribution in [0, 0.1) is 0 Å². The molecule has 2 aliphatic carbocycles. The van der Waals surface area contributed by atoms with Crippen LogP contribution in [0.25, 0.3) is 0 Å². The molecule has 0 atom stereocenters. The number of hydrogen-bond acceptors (Lipinski definition) is 0. The van der Waals surface area contributed by atoms with Crippen LogP contribution in [0.1, 0.15) is 26.7 Å². The van der Waals surface area contributed by atoms with Gasteiger partial charge in [-0.05, 0) is 0 Å². The Balaban J connectivity index is 2.13. The Morgan fingerprint density at radius 2 is 2.07 bits per heavy atom. The molecule has 1 heteroatoms. The van der Waals surface area contributed by atoms with Crippen molar-refractivity contribution in [3.05, 3.63) is 42.0 Å². The molecule has 0 bridgehead atoms. The average Bonchev–Trinajstić information content (AvgIpc) is 2.76. The van der Waals surface area contributed by atoms with E-state index in [0.717, 1.165) is 0 Å². The molecule has 0 aromatic heterocycles. The zero-order valence-corrected chi connectivity index (χ0v) is 11.4. The van der Waals surface area contributed by atoms with Gasteiger partial charge in [0.15, 0.2) is 0 Å². The fraction of sp³-hybridized carbons (Fsp3) is 0.308. The Labute approximate surface area is 93.9 Å². The predicted molar refractivity (Wildman–Crippen MR) is 60.0 cm³/mol. The SMILES string of the molecule is [CH2]=[Zr]([C]1=CC=CC1)[C]1=CC(C)=C(C)C1. The van der Waals surface area contributed by atoms with Gasteiger partial charge in [-0.1, -0.05) is 0 Å². The van der Waals surface area contributed by atoms with Crippen LogP contribution in [-0.2, 0) is 21.3 Å². The van der Waals surface area contributed by atoms with E-state index < -0.39 is 21.3 Å². The molecule has 0 unspecified atom stereocenters. The molecular formula is C13H16Zr. The minimum absolute atomic E-state index is 1.17. The van der Waals surface area contributed by atoms with Crippen LogP contribution in [0.3, 0.4) is 0 Å². The summed E-state index contributed by atoms with van der Waals surface area (Å²) in [4.78, 5) is 0. The summed E-state index contributed by atoms with van der Waals surface area (Å²) in [6, 6.07) is 0. The van der Waals surface area contributed by atoms with Gasteiger partial charge in [-0.2, -0.15) is 0 Å². The van der Waals surface area contributed by atoms with Crippen molar-refractivity contribution in [3.8, 4) is 0 Å². The van der Waals surface area contributed by atoms with Crippen molar-refractivity contribution in [3.63, 3.8) is 0 Å². The monoisotopic (exact) mass is 262 g/mol. The van der Waals surface area contributed by atoms with Crippen LogP contribution in [0.2, 0.25) is 0 Å². The summed E-state index contributed by atoms with van der Waals surface area (Å²) in [5, 5.41) is 0. The van der Waals surface area contributed by atoms with Gasteiger partial charge in [-0.25, -0.2) is 0 Å². The maximum atomic E-state index is 4.46. The Morgan fingerprint density at radius 3 is 2.57 bits per heavy atom. The van der Waals surface area contributed by atoms with Crippen LogP contribution in [0.4, 0.5) is 0 Å². The van der Waals surface area contributed by atoms with E-state index in [1.54, 1.807) is 12.1 Å². The van der Waals surface area contributed by atoms with E-state index in [0.29, 0.717) is 0 Å². The Morgan fingerprint density at radius 1 is 1.29 bits per heavy atom. The second-order valence-corrected chi connectivity index (χ2v) is 9.62. The zero-order valence-electron chi connectivity index (χ0n) is 8.93. The normalized spacial score (nSPS) is 20.1. The summed E-state index contributed by atoms with van der Waals surface area (Å²) in [7, 11) is 0. The molecule has 0 N–H and O–H groups in total. The van der Waals surface area contributed by atoms with Crippen LogP contribution in [0.5, 0.6) is 0 Å². The summed E-state index contributed by atoms with van der Waals surface area (Å²) in [6.45, 7) is 4.47. The number of allylic oxidation sites excluding steroid dienone is 8. The van der Waals surface area contributed by atoms with E-state index >= 15 is 0 Å². The van der Waals surface area contributed by atoms with Crippen LogP contribution in [0.15, 0.2) is 42.0 Å². The second kappa shape index (κ2) is 4.07. The van der Waals surface area contributed by atoms with Crippen LogP contribution < -0.4 is 0 Å². The Bertz CT molecular complexity index is 403. The van der Waals surface area contributed by atoms with Gasteiger partial charge >= 0.3 is 94.2 Å². The van der Waals surface area contributed by atoms with Crippen molar-refractivity contribution < 1.29 is 21.3 Å². The summed E-state index contributed by atoms with van der Waals surface area (Å²) < 4.78 is 7.80. The summed E-state index contributed by atoms with van der Waals surface area (Å²) in [6.07, 6.45) is 11.5. The van der Waals surface area contributed by atoms with Crippen molar-refractivity contribution in [2.24, 2.45) is 0 Å². The minimum atomic E-state index is -1.60. The van der Waals surface area contributed by atoms with Gasteiger partial charge in [0, 0.05) is 0 Å². The molecular weight excluding hydrogens is 247 g/mol. The van der Waals surface area contributed by atoms with Crippen molar-refractivity contribution in [1.82, 2.24) is 0 Å². The first-order valence-corrected chi connectivity index (χ1v) is 9.30. The predicted octanol–water partition coefficient (Wildman–Crippen LogP) is 3.50. The molecule has 0 saturated carbocycles. The molecule has 0 aliphatic heterocycles. The molecule has 0 spiro atoms. The van der Waals surface area contributed by atoms with E-state index in [-0.39, 0.29) is 0 Å². The van der Waals surface area contributed by atoms with Gasteiger partial charge in [0.2, 0.25) is 0 Å². The molecule has 0 fully saturated rings. The van der Waals surface area contributed by atoms with Gasteiger partial charge < -0.3 is 0 Å². The molecule has 0 aromatic rings. The zero-order chi connectivity index (χ0) is 10.1. The van der Waals surface area contributed by atoms with Gasteiger partial charge in [0.1, 0.15) is 0 Å². The van der Waals surface area contributed by atoms with Gasteiger partial charge in [-0.15, -0.1) is 0 Å². The summed E-state index contributed by atoms with van der Waals surface area (Å²) in [5.41, 5.74) is 3.03. The second-order valence-electron chi connectivity index (χ2n) is 4.11. The van der Waals surface area contributed by atoms with Crippen molar-refractivity contribution in [2.75, 3.05) is 0 Å². The fourth-order valence-corrected chi connectivity index (χ4v) is 6.71. The number of rotatable bonds is 2. The van der Waals surface area contributed by atoms with Crippen molar-refractivity contribution in [2.45, 2.75) is 26.7 Å². The van der Waals surface area contributed by atoms with E-state index in [1.807, 2.05) is 0 Å². The molecule has 72 valence electrons. The van der Waals surface area contributed by atoms with E-state index in [1.165, 1.54) is 18.4 Å². The molecule has 2 aliphatic rings. The van der Waals surface area contributed by atoms with E-state index in [4.69, 9.17) is 0 Å². The molecule has 0 radical (unpaired) electrons. The third kappa shape index (κ3) is 1.88. The fourth-order valence-electron chi connectivity index (χ4n) is 1.93. The first-order chi connectivity index (χ1) is 6.68. The maximum absolute atomic E-state index is 4.46. The average molecular weight is 263 g/mol. The van der Waals surface area contributed by atoms with Crippen LogP contribution in [-0.4, -0.2) is 4.21 Å². The molecule has 0 nitrogen and oxygen atoms in total. The van der Waals surface area contributed by atoms with Gasteiger partial charge in [-0.3, -0.25) is 0 Å². The molecule has 0 amide bonds. The van der Waals surface area contributed by atoms with Crippen LogP contribution >= 0.6 is 0 Å². The molecule has 0 saturated heterocycles. The van der Waals surface area contributed by atoms with E-state index in [2.05, 4.69) is 42.4 Å². The summed E-state index contributed by atoms with van der Waals surface area (Å²) >= 11 is -1.60. The topological polar surface area (TPSA) is 0 Å². The van der Waals surface area contributed by atoms with Crippen molar-refractivity contribution >= 4 is 4.21 Å². The first kappa shape index (κ1) is 10.2. The Hall–Kier alpha value is -0.287. The standard InChI is InChI=1S/C7H9.C5H5.CH2.Zr/c1-6-4-3-5-7(6)2;1-2-4-5-3-1;;/h4H,5H2,1-2H3;1-3H,4H2;1H2;. The molecule has 0 heterocycles. The van der Waals surface area contributed by atoms with Gasteiger partial charge in [0.25, 0.3) is 0 Å². The third-order valence-electron chi connectivity index (χ3n) is 3.07. The molecule has 2 rings (SSSR count). The molecule has 0 aromatic carbocycles. The van der Waals surface area contributed by atoms with Gasteiger partial charge in [0.05, 0.1) is 0 Å².